The molecule has 0 fully saturated rings. The summed E-state index contributed by atoms with van der Waals surface area (Å²) in [5, 5.41) is 14.0. The number of benzene rings is 1. The third-order valence-corrected chi connectivity index (χ3v) is 3.38. The Labute approximate surface area is 111 Å². The maximum atomic E-state index is 10.7. The van der Waals surface area contributed by atoms with Gasteiger partial charge in [0.1, 0.15) is 0 Å². The molecule has 0 bridgehead atoms. The van der Waals surface area contributed by atoms with E-state index < -0.39 is 4.92 Å². The van der Waals surface area contributed by atoms with Crippen molar-refractivity contribution in [3.63, 3.8) is 0 Å². The summed E-state index contributed by atoms with van der Waals surface area (Å²) < 4.78 is 5.02. The number of nitrogens with one attached hydrogen (secondary N) is 1. The van der Waals surface area contributed by atoms with Gasteiger partial charge < -0.3 is 10.1 Å². The zero-order valence-corrected chi connectivity index (χ0v) is 11.6. The molecule has 0 aromatic heterocycles. The molecular weight excluding hydrogens is 252 g/mol. The smallest absolute Gasteiger partial charge is 0.311 e. The van der Waals surface area contributed by atoms with Crippen LogP contribution in [0.15, 0.2) is 18.2 Å². The summed E-state index contributed by atoms with van der Waals surface area (Å²) in [7, 11) is 1.43. The van der Waals surface area contributed by atoms with E-state index in [1.54, 1.807) is 23.9 Å². The van der Waals surface area contributed by atoms with Crippen molar-refractivity contribution < 1.29 is 9.66 Å². The van der Waals surface area contributed by atoms with Crippen LogP contribution in [0.1, 0.15) is 6.92 Å². The first-order chi connectivity index (χ1) is 8.58. The predicted molar refractivity (Wildman–Crippen MR) is 75.7 cm³/mol. The fraction of sp³-hybridized carbons (Fsp3) is 0.500. The molecule has 0 spiro atoms. The number of thioether (sulfide) groups is 1. The molecular formula is C12H18N2O3S. The standard InChI is InChI=1S/C12H18N2O3S/c1-9(8-18-3)7-13-10-4-5-11(14(15)16)12(6-10)17-2/h4-6,9,13H,7-8H2,1-3H3. The third kappa shape index (κ3) is 4.10. The molecule has 1 atom stereocenters. The summed E-state index contributed by atoms with van der Waals surface area (Å²) in [6.07, 6.45) is 2.07. The summed E-state index contributed by atoms with van der Waals surface area (Å²) in [5.74, 6) is 1.90. The first-order valence-electron chi connectivity index (χ1n) is 5.63. The van der Waals surface area contributed by atoms with Crippen LogP contribution in [-0.2, 0) is 0 Å². The van der Waals surface area contributed by atoms with Gasteiger partial charge in [0, 0.05) is 24.4 Å². The second kappa shape index (κ2) is 7.10. The van der Waals surface area contributed by atoms with Gasteiger partial charge in [-0.25, -0.2) is 0 Å². The van der Waals surface area contributed by atoms with Gasteiger partial charge in [0.05, 0.1) is 12.0 Å². The third-order valence-electron chi connectivity index (χ3n) is 2.48. The number of hydrogen-bond acceptors (Lipinski definition) is 5. The Hall–Kier alpha value is -1.43. The molecule has 18 heavy (non-hydrogen) atoms. The number of nitro benzene ring substituents is 1. The van der Waals surface area contributed by atoms with E-state index in [1.165, 1.54) is 13.2 Å². The topological polar surface area (TPSA) is 64.4 Å². The second-order valence-electron chi connectivity index (χ2n) is 4.09. The van der Waals surface area contributed by atoms with Crippen molar-refractivity contribution in [2.75, 3.05) is 31.0 Å². The number of nitrogens with zero attached hydrogens (tertiary/aromatic N) is 1. The van der Waals surface area contributed by atoms with E-state index in [2.05, 4.69) is 18.5 Å². The highest BCUT2D eigenvalue weighted by atomic mass is 32.2. The van der Waals surface area contributed by atoms with Crippen LogP contribution in [0.4, 0.5) is 11.4 Å². The van der Waals surface area contributed by atoms with Crippen LogP contribution in [0.25, 0.3) is 0 Å². The van der Waals surface area contributed by atoms with Crippen LogP contribution >= 0.6 is 11.8 Å². The lowest BCUT2D eigenvalue weighted by atomic mass is 10.2. The zero-order chi connectivity index (χ0) is 13.5. The van der Waals surface area contributed by atoms with E-state index in [4.69, 9.17) is 4.74 Å². The lowest BCUT2D eigenvalue weighted by molar-refractivity contribution is -0.385. The Morgan fingerprint density at radius 3 is 2.83 bits per heavy atom. The van der Waals surface area contributed by atoms with Crippen molar-refractivity contribution in [3.05, 3.63) is 28.3 Å². The molecule has 0 saturated carbocycles. The minimum absolute atomic E-state index is 0.0137. The number of anilines is 1. The molecule has 6 heteroatoms. The van der Waals surface area contributed by atoms with Gasteiger partial charge in [-0.3, -0.25) is 10.1 Å². The predicted octanol–water partition coefficient (Wildman–Crippen LogP) is 3.01. The van der Waals surface area contributed by atoms with Gasteiger partial charge in [-0.15, -0.1) is 0 Å². The van der Waals surface area contributed by atoms with Crippen molar-refractivity contribution in [2.24, 2.45) is 5.92 Å². The average molecular weight is 270 g/mol. The minimum atomic E-state index is -0.445. The number of hydrogen-bond donors (Lipinski definition) is 1. The number of methoxy groups -OCH3 is 1. The van der Waals surface area contributed by atoms with Crippen molar-refractivity contribution >= 4 is 23.1 Å². The lowest BCUT2D eigenvalue weighted by Gasteiger charge is -2.13. The van der Waals surface area contributed by atoms with Crippen molar-refractivity contribution in [3.8, 4) is 5.75 Å². The second-order valence-corrected chi connectivity index (χ2v) is 5.00. The zero-order valence-electron chi connectivity index (χ0n) is 10.8. The normalized spacial score (nSPS) is 11.9. The van der Waals surface area contributed by atoms with E-state index in [9.17, 15) is 10.1 Å². The van der Waals surface area contributed by atoms with Crippen molar-refractivity contribution in [1.29, 1.82) is 0 Å². The highest BCUT2D eigenvalue weighted by Crippen LogP contribution is 2.29. The van der Waals surface area contributed by atoms with Crippen LogP contribution in [0.3, 0.4) is 0 Å². The molecule has 0 saturated heterocycles. The van der Waals surface area contributed by atoms with Gasteiger partial charge in [-0.2, -0.15) is 11.8 Å². The Morgan fingerprint density at radius 2 is 2.28 bits per heavy atom. The molecule has 0 aliphatic rings. The van der Waals surface area contributed by atoms with Crippen LogP contribution in [-0.4, -0.2) is 30.6 Å². The molecule has 0 aliphatic heterocycles. The van der Waals surface area contributed by atoms with Crippen molar-refractivity contribution in [2.45, 2.75) is 6.92 Å². The fourth-order valence-corrected chi connectivity index (χ4v) is 2.26. The van der Waals surface area contributed by atoms with E-state index in [0.29, 0.717) is 5.92 Å². The first kappa shape index (κ1) is 14.6. The molecule has 100 valence electrons. The molecule has 0 amide bonds. The molecule has 0 aliphatic carbocycles. The maximum absolute atomic E-state index is 10.7. The Kier molecular flexibility index (Phi) is 5.77. The summed E-state index contributed by atoms with van der Waals surface area (Å²) in [6.45, 7) is 2.99. The fourth-order valence-electron chi connectivity index (χ4n) is 1.57. The maximum Gasteiger partial charge on any atom is 0.311 e. The van der Waals surface area contributed by atoms with Crippen LogP contribution in [0.2, 0.25) is 0 Å². The lowest BCUT2D eigenvalue weighted by Crippen LogP contribution is -2.13. The van der Waals surface area contributed by atoms with Crippen LogP contribution in [0, 0.1) is 16.0 Å². The number of ether oxygens (including phenoxy) is 1. The monoisotopic (exact) mass is 270 g/mol. The minimum Gasteiger partial charge on any atom is -0.490 e. The SMILES string of the molecule is COc1cc(NCC(C)CSC)ccc1[N+](=O)[O-]. The highest BCUT2D eigenvalue weighted by molar-refractivity contribution is 7.98. The number of nitro groups is 1. The quantitative estimate of drug-likeness (QED) is 0.609. The Morgan fingerprint density at radius 1 is 1.56 bits per heavy atom. The molecule has 1 N–H and O–H groups in total. The first-order valence-corrected chi connectivity index (χ1v) is 7.03. The molecule has 1 aromatic carbocycles. The summed E-state index contributed by atoms with van der Waals surface area (Å²) in [5.41, 5.74) is 0.825. The van der Waals surface area contributed by atoms with Gasteiger partial charge in [0.25, 0.3) is 0 Å². The van der Waals surface area contributed by atoms with E-state index in [-0.39, 0.29) is 11.4 Å². The van der Waals surface area contributed by atoms with Crippen LogP contribution < -0.4 is 10.1 Å². The van der Waals surface area contributed by atoms with Gasteiger partial charge in [0.2, 0.25) is 0 Å². The van der Waals surface area contributed by atoms with Gasteiger partial charge >= 0.3 is 5.69 Å². The Balaban J connectivity index is 2.71. The van der Waals surface area contributed by atoms with E-state index in [1.807, 2.05) is 0 Å². The Bertz CT molecular complexity index is 412. The van der Waals surface area contributed by atoms with E-state index >= 15 is 0 Å². The number of rotatable bonds is 7. The van der Waals surface area contributed by atoms with Crippen LogP contribution in [0.5, 0.6) is 5.75 Å². The molecule has 0 heterocycles. The molecule has 0 radical (unpaired) electrons. The van der Waals surface area contributed by atoms with E-state index in [0.717, 1.165) is 18.0 Å². The molecule has 1 unspecified atom stereocenters. The molecule has 1 rings (SSSR count). The molecule has 1 aromatic rings. The van der Waals surface area contributed by atoms with Gasteiger partial charge in [0.15, 0.2) is 5.75 Å². The van der Waals surface area contributed by atoms with Crippen molar-refractivity contribution in [1.82, 2.24) is 0 Å². The largest absolute Gasteiger partial charge is 0.490 e. The summed E-state index contributed by atoms with van der Waals surface area (Å²) in [4.78, 5) is 10.3. The summed E-state index contributed by atoms with van der Waals surface area (Å²) in [6, 6.07) is 4.82. The molecule has 5 nitrogen and oxygen atoms in total. The van der Waals surface area contributed by atoms with Gasteiger partial charge in [-0.05, 0) is 24.0 Å². The van der Waals surface area contributed by atoms with Gasteiger partial charge in [-0.1, -0.05) is 6.92 Å². The average Bonchev–Trinajstić information content (AvgIpc) is 2.36. The highest BCUT2D eigenvalue weighted by Gasteiger charge is 2.14. The summed E-state index contributed by atoms with van der Waals surface area (Å²) >= 11 is 1.80.